The molecule has 0 fully saturated rings. The Morgan fingerprint density at radius 2 is 2.15 bits per heavy atom. The molecule has 0 aromatic rings. The van der Waals surface area contributed by atoms with Crippen molar-refractivity contribution in [3.05, 3.63) is 23.8 Å². The zero-order valence-electron chi connectivity index (χ0n) is 8.43. The maximum absolute atomic E-state index is 5.48. The van der Waals surface area contributed by atoms with Crippen molar-refractivity contribution in [3.63, 3.8) is 0 Å². The lowest BCUT2D eigenvalue weighted by atomic mass is 10.1. The van der Waals surface area contributed by atoms with E-state index in [-0.39, 0.29) is 8.41 Å². The Hall–Kier alpha value is -0.873. The van der Waals surface area contributed by atoms with Gasteiger partial charge in [-0.15, -0.1) is 6.42 Å². The Balaban J connectivity index is 3.05. The Bertz CT molecular complexity index is 305. The van der Waals surface area contributed by atoms with Gasteiger partial charge >= 0.3 is 0 Å². The molecule has 0 N–H and O–H groups in total. The fraction of sp³-hybridized carbons (Fsp3) is 0.417. The Morgan fingerprint density at radius 3 is 2.69 bits per heavy atom. The SMILES string of the molecule is C#CC1=CC=CCC1=[Si](CC)CC. The first kappa shape index (κ1) is 10.2. The lowest BCUT2D eigenvalue weighted by molar-refractivity contribution is 1.34. The van der Waals surface area contributed by atoms with Crippen LogP contribution in [-0.2, 0) is 0 Å². The van der Waals surface area contributed by atoms with Crippen molar-refractivity contribution in [2.75, 3.05) is 0 Å². The van der Waals surface area contributed by atoms with Gasteiger partial charge in [0.25, 0.3) is 0 Å². The van der Waals surface area contributed by atoms with Crippen molar-refractivity contribution >= 4 is 13.6 Å². The molecule has 0 saturated heterocycles. The molecule has 0 amide bonds. The molecule has 13 heavy (non-hydrogen) atoms. The molecule has 0 unspecified atom stereocenters. The van der Waals surface area contributed by atoms with Crippen LogP contribution in [0.4, 0.5) is 0 Å². The molecular weight excluding hydrogens is 172 g/mol. The van der Waals surface area contributed by atoms with Gasteiger partial charge in [-0.25, -0.2) is 0 Å². The minimum Gasteiger partial charge on any atom is -0.115 e. The van der Waals surface area contributed by atoms with E-state index in [0.717, 1.165) is 12.0 Å². The quantitative estimate of drug-likeness (QED) is 0.462. The molecule has 0 atom stereocenters. The summed E-state index contributed by atoms with van der Waals surface area (Å²) in [7, 11) is -0.330. The molecule has 0 aromatic carbocycles. The molecule has 0 spiro atoms. The van der Waals surface area contributed by atoms with Gasteiger partial charge in [-0.3, -0.25) is 0 Å². The summed E-state index contributed by atoms with van der Waals surface area (Å²) in [6, 6.07) is 2.59. The molecule has 1 aliphatic rings. The number of rotatable bonds is 2. The van der Waals surface area contributed by atoms with Crippen LogP contribution >= 0.6 is 0 Å². The molecular formula is C12H16Si. The first-order valence-electron chi connectivity index (χ1n) is 4.88. The van der Waals surface area contributed by atoms with Crippen LogP contribution in [0.3, 0.4) is 0 Å². The molecule has 0 radical (unpaired) electrons. The highest BCUT2D eigenvalue weighted by Gasteiger charge is 2.08. The Kier molecular flexibility index (Phi) is 3.92. The number of allylic oxidation sites excluding steroid dienone is 4. The van der Waals surface area contributed by atoms with Gasteiger partial charge in [0.2, 0.25) is 0 Å². The van der Waals surface area contributed by atoms with Crippen LogP contribution < -0.4 is 0 Å². The fourth-order valence-corrected chi connectivity index (χ4v) is 4.00. The van der Waals surface area contributed by atoms with Crippen molar-refractivity contribution in [1.82, 2.24) is 0 Å². The van der Waals surface area contributed by atoms with Crippen molar-refractivity contribution in [1.29, 1.82) is 0 Å². The molecule has 0 heterocycles. The summed E-state index contributed by atoms with van der Waals surface area (Å²) in [6.45, 7) is 4.55. The summed E-state index contributed by atoms with van der Waals surface area (Å²) >= 11 is 0. The van der Waals surface area contributed by atoms with E-state index in [1.165, 1.54) is 12.1 Å². The lowest BCUT2D eigenvalue weighted by Crippen LogP contribution is -2.17. The predicted octanol–water partition coefficient (Wildman–Crippen LogP) is 2.79. The van der Waals surface area contributed by atoms with Gasteiger partial charge in [0.05, 0.1) is 0 Å². The largest absolute Gasteiger partial charge is 0.115 e. The highest BCUT2D eigenvalue weighted by molar-refractivity contribution is 6.74. The third-order valence-electron chi connectivity index (χ3n) is 2.48. The third kappa shape index (κ3) is 2.29. The van der Waals surface area contributed by atoms with Crippen molar-refractivity contribution in [2.45, 2.75) is 32.4 Å². The fourth-order valence-electron chi connectivity index (χ4n) is 1.71. The van der Waals surface area contributed by atoms with E-state index in [1.54, 1.807) is 5.17 Å². The summed E-state index contributed by atoms with van der Waals surface area (Å²) in [5, 5.41) is 1.56. The molecule has 68 valence electrons. The second-order valence-corrected chi connectivity index (χ2v) is 6.37. The van der Waals surface area contributed by atoms with Crippen molar-refractivity contribution < 1.29 is 0 Å². The average Bonchev–Trinajstić information content (AvgIpc) is 2.20. The zero-order chi connectivity index (χ0) is 9.68. The smallest absolute Gasteiger partial charge is 0.0230 e. The first-order valence-corrected chi connectivity index (χ1v) is 6.79. The van der Waals surface area contributed by atoms with E-state index >= 15 is 0 Å². The number of hydrogen-bond donors (Lipinski definition) is 0. The maximum atomic E-state index is 5.48. The van der Waals surface area contributed by atoms with Crippen LogP contribution in [0, 0.1) is 12.3 Å². The van der Waals surface area contributed by atoms with Crippen LogP contribution in [-0.4, -0.2) is 13.6 Å². The van der Waals surface area contributed by atoms with Gasteiger partial charge in [-0.2, -0.15) is 0 Å². The molecule has 0 bridgehead atoms. The van der Waals surface area contributed by atoms with Crippen LogP contribution in [0.15, 0.2) is 23.8 Å². The average molecular weight is 188 g/mol. The predicted molar refractivity (Wildman–Crippen MR) is 62.4 cm³/mol. The van der Waals surface area contributed by atoms with Crippen molar-refractivity contribution in [2.24, 2.45) is 0 Å². The van der Waals surface area contributed by atoms with E-state index in [0.29, 0.717) is 0 Å². The van der Waals surface area contributed by atoms with E-state index in [9.17, 15) is 0 Å². The molecule has 0 aliphatic heterocycles. The second-order valence-electron chi connectivity index (χ2n) is 3.15. The van der Waals surface area contributed by atoms with Crippen molar-refractivity contribution in [3.8, 4) is 12.3 Å². The van der Waals surface area contributed by atoms with E-state index in [4.69, 9.17) is 6.42 Å². The summed E-state index contributed by atoms with van der Waals surface area (Å²) < 4.78 is 0. The molecule has 0 aromatic heterocycles. The van der Waals surface area contributed by atoms with Gasteiger partial charge in [0, 0.05) is 14.0 Å². The molecule has 1 aliphatic carbocycles. The van der Waals surface area contributed by atoms with Crippen LogP contribution in [0.5, 0.6) is 0 Å². The van der Waals surface area contributed by atoms with E-state index < -0.39 is 0 Å². The lowest BCUT2D eigenvalue weighted by Gasteiger charge is -2.13. The Morgan fingerprint density at radius 1 is 1.46 bits per heavy atom. The van der Waals surface area contributed by atoms with Crippen LogP contribution in [0.2, 0.25) is 12.1 Å². The number of hydrogen-bond acceptors (Lipinski definition) is 0. The molecule has 0 saturated carbocycles. The molecule has 1 rings (SSSR count). The zero-order valence-corrected chi connectivity index (χ0v) is 9.43. The van der Waals surface area contributed by atoms with Gasteiger partial charge in [-0.05, 0) is 29.8 Å². The van der Waals surface area contributed by atoms with Gasteiger partial charge in [0.15, 0.2) is 0 Å². The standard InChI is InChI=1S/C12H16Si/c1-4-11-9-7-8-10-12(11)13(5-2)6-3/h1,7-9H,5-6,10H2,2-3H3. The summed E-state index contributed by atoms with van der Waals surface area (Å²) in [4.78, 5) is 0. The van der Waals surface area contributed by atoms with Gasteiger partial charge in [0.1, 0.15) is 0 Å². The molecule has 0 nitrogen and oxygen atoms in total. The second kappa shape index (κ2) is 4.99. The van der Waals surface area contributed by atoms with Gasteiger partial charge in [-0.1, -0.05) is 31.9 Å². The normalized spacial score (nSPS) is 15.2. The van der Waals surface area contributed by atoms with E-state index in [2.05, 4.69) is 38.0 Å². The minimum atomic E-state index is -0.330. The molecule has 1 heteroatoms. The minimum absolute atomic E-state index is 0.330. The van der Waals surface area contributed by atoms with Gasteiger partial charge < -0.3 is 0 Å². The Labute approximate surface area is 82.6 Å². The highest BCUT2D eigenvalue weighted by Crippen LogP contribution is 2.10. The van der Waals surface area contributed by atoms with Crippen LogP contribution in [0.1, 0.15) is 20.3 Å². The van der Waals surface area contributed by atoms with Crippen LogP contribution in [0.25, 0.3) is 0 Å². The van der Waals surface area contributed by atoms with E-state index in [1.807, 2.05) is 0 Å². The summed E-state index contributed by atoms with van der Waals surface area (Å²) in [6.07, 6.45) is 12.9. The highest BCUT2D eigenvalue weighted by atomic mass is 28.2. The topological polar surface area (TPSA) is 0 Å². The maximum Gasteiger partial charge on any atom is 0.0230 e. The summed E-state index contributed by atoms with van der Waals surface area (Å²) in [5.41, 5.74) is 1.15. The summed E-state index contributed by atoms with van der Waals surface area (Å²) in [5.74, 6) is 2.80. The first-order chi connectivity index (χ1) is 6.33. The monoisotopic (exact) mass is 188 g/mol. The number of terminal acetylenes is 1. The third-order valence-corrected chi connectivity index (χ3v) is 5.52.